The van der Waals surface area contributed by atoms with Gasteiger partial charge in [0.15, 0.2) is 0 Å². The third-order valence-corrected chi connectivity index (χ3v) is 8.36. The van der Waals surface area contributed by atoms with E-state index in [0.717, 1.165) is 28.1 Å². The van der Waals surface area contributed by atoms with Crippen molar-refractivity contribution < 1.29 is 8.42 Å². The van der Waals surface area contributed by atoms with Gasteiger partial charge in [-0.1, -0.05) is 0 Å². The lowest BCUT2D eigenvalue weighted by molar-refractivity contribution is 0.456. The van der Waals surface area contributed by atoms with E-state index in [1.54, 1.807) is 11.3 Å². The number of hydrogen-bond donors (Lipinski definition) is 2. The zero-order chi connectivity index (χ0) is 14.8. The minimum Gasteiger partial charge on any atom is -0.315 e. The molecular weight excluding hydrogens is 304 g/mol. The first-order valence-corrected chi connectivity index (χ1v) is 10.1. The summed E-state index contributed by atoms with van der Waals surface area (Å²) in [5.41, 5.74) is 0. The van der Waals surface area contributed by atoms with E-state index >= 15 is 0 Å². The van der Waals surface area contributed by atoms with Gasteiger partial charge in [-0.25, -0.2) is 13.1 Å². The third-order valence-electron chi connectivity index (χ3n) is 5.59. The number of fused-ring (bicyclic) bond motifs is 5. The van der Waals surface area contributed by atoms with Crippen LogP contribution in [-0.2, 0) is 16.6 Å². The Labute approximate surface area is 130 Å². The Kier molecular flexibility index (Phi) is 3.23. The largest absolute Gasteiger partial charge is 0.315 e. The van der Waals surface area contributed by atoms with Crippen LogP contribution in [0.3, 0.4) is 0 Å². The molecule has 1 aromatic heterocycles. The molecule has 0 radical (unpaired) electrons. The fraction of sp³-hybridized carbons (Fsp3) is 0.733. The van der Waals surface area contributed by atoms with Crippen LogP contribution in [0.2, 0.25) is 0 Å². The van der Waals surface area contributed by atoms with Gasteiger partial charge in [-0.3, -0.25) is 0 Å². The van der Waals surface area contributed by atoms with Crippen LogP contribution >= 0.6 is 11.3 Å². The molecular formula is C15H22N2O2S2. The summed E-state index contributed by atoms with van der Waals surface area (Å²) in [6.07, 6.45) is 3.97. The van der Waals surface area contributed by atoms with Crippen LogP contribution in [0, 0.1) is 30.6 Å². The lowest BCUT2D eigenvalue weighted by atomic mass is 10.0. The topological polar surface area (TPSA) is 58.2 Å². The van der Waals surface area contributed by atoms with E-state index in [-0.39, 0.29) is 6.04 Å². The Hall–Kier alpha value is -0.430. The first kappa shape index (κ1) is 14.2. The predicted molar refractivity (Wildman–Crippen MR) is 83.7 cm³/mol. The first-order valence-electron chi connectivity index (χ1n) is 7.77. The highest BCUT2D eigenvalue weighted by Gasteiger charge is 2.65. The molecule has 3 saturated carbocycles. The molecule has 4 atom stereocenters. The monoisotopic (exact) mass is 326 g/mol. The van der Waals surface area contributed by atoms with Gasteiger partial charge >= 0.3 is 0 Å². The van der Waals surface area contributed by atoms with Crippen LogP contribution in [0.1, 0.15) is 29.0 Å². The Bertz CT molecular complexity index is 651. The smallest absolute Gasteiger partial charge is 0.241 e. The molecule has 21 heavy (non-hydrogen) atoms. The molecule has 3 fully saturated rings. The van der Waals surface area contributed by atoms with E-state index in [4.69, 9.17) is 0 Å². The third kappa shape index (κ3) is 2.19. The zero-order valence-electron chi connectivity index (χ0n) is 12.4. The van der Waals surface area contributed by atoms with Crippen LogP contribution in [0.5, 0.6) is 0 Å². The summed E-state index contributed by atoms with van der Waals surface area (Å²) in [5, 5.41) is 3.08. The van der Waals surface area contributed by atoms with E-state index in [1.165, 1.54) is 19.3 Å². The Morgan fingerprint density at radius 3 is 2.57 bits per heavy atom. The van der Waals surface area contributed by atoms with Gasteiger partial charge in [-0.15, -0.1) is 11.3 Å². The van der Waals surface area contributed by atoms with Crippen molar-refractivity contribution in [2.24, 2.45) is 23.7 Å². The van der Waals surface area contributed by atoms with Crippen molar-refractivity contribution >= 4 is 21.4 Å². The minimum atomic E-state index is -3.35. The molecule has 0 saturated heterocycles. The lowest BCUT2D eigenvalue weighted by Crippen LogP contribution is -2.30. The van der Waals surface area contributed by atoms with Crippen LogP contribution in [-0.4, -0.2) is 21.5 Å². The second-order valence-electron chi connectivity index (χ2n) is 6.80. The molecule has 3 aliphatic rings. The molecule has 1 heterocycles. The molecule has 2 N–H and O–H groups in total. The lowest BCUT2D eigenvalue weighted by Gasteiger charge is -2.11. The number of rotatable bonds is 5. The maximum atomic E-state index is 12.7. The van der Waals surface area contributed by atoms with E-state index in [0.29, 0.717) is 16.7 Å². The SMILES string of the molecule is CNCc1cc(S(=O)(=O)NC2C3C4CCC(C4)C23)c(C)s1. The summed E-state index contributed by atoms with van der Waals surface area (Å²) in [5.74, 6) is 2.84. The van der Waals surface area contributed by atoms with Crippen molar-refractivity contribution in [1.82, 2.24) is 10.0 Å². The van der Waals surface area contributed by atoms with Crippen molar-refractivity contribution in [3.8, 4) is 0 Å². The van der Waals surface area contributed by atoms with Gasteiger partial charge in [0.2, 0.25) is 10.0 Å². The fourth-order valence-electron chi connectivity index (χ4n) is 4.78. The molecule has 0 aliphatic heterocycles. The minimum absolute atomic E-state index is 0.216. The van der Waals surface area contributed by atoms with Gasteiger partial charge in [-0.05, 0) is 63.0 Å². The van der Waals surface area contributed by atoms with Gasteiger partial charge in [0, 0.05) is 22.3 Å². The molecule has 116 valence electrons. The molecule has 1 aromatic rings. The van der Waals surface area contributed by atoms with Crippen molar-refractivity contribution in [2.45, 2.75) is 43.7 Å². The number of nitrogens with one attached hydrogen (secondary N) is 2. The summed E-state index contributed by atoms with van der Waals surface area (Å²) in [7, 11) is -1.48. The van der Waals surface area contributed by atoms with E-state index in [9.17, 15) is 8.42 Å². The Morgan fingerprint density at radius 2 is 1.95 bits per heavy atom. The van der Waals surface area contributed by atoms with Crippen molar-refractivity contribution in [3.05, 3.63) is 15.8 Å². The van der Waals surface area contributed by atoms with Gasteiger partial charge in [0.25, 0.3) is 0 Å². The number of sulfonamides is 1. The van der Waals surface area contributed by atoms with Crippen LogP contribution < -0.4 is 10.0 Å². The standard InChI is InChI=1S/C15H22N2O2S2/c1-8-12(6-11(20-8)7-16-2)21(18,19)17-15-13-9-3-4-10(5-9)14(13)15/h6,9-10,13-17H,3-5,7H2,1-2H3. The summed E-state index contributed by atoms with van der Waals surface area (Å²) >= 11 is 1.57. The number of hydrogen-bond acceptors (Lipinski definition) is 4. The molecule has 0 amide bonds. The fourth-order valence-corrected chi connectivity index (χ4v) is 7.73. The highest BCUT2D eigenvalue weighted by atomic mass is 32.2. The molecule has 3 aliphatic carbocycles. The van der Waals surface area contributed by atoms with Crippen molar-refractivity contribution in [2.75, 3.05) is 7.05 Å². The van der Waals surface area contributed by atoms with Crippen LogP contribution in [0.25, 0.3) is 0 Å². The van der Waals surface area contributed by atoms with Crippen molar-refractivity contribution in [3.63, 3.8) is 0 Å². The summed E-state index contributed by atoms with van der Waals surface area (Å²) in [6.45, 7) is 2.62. The Balaban J connectivity index is 1.52. The van der Waals surface area contributed by atoms with Gasteiger partial charge in [-0.2, -0.15) is 0 Å². The normalized spacial score (nSPS) is 37.0. The zero-order valence-corrected chi connectivity index (χ0v) is 14.1. The van der Waals surface area contributed by atoms with Crippen LogP contribution in [0.15, 0.2) is 11.0 Å². The maximum Gasteiger partial charge on any atom is 0.241 e. The number of aryl methyl sites for hydroxylation is 1. The van der Waals surface area contributed by atoms with Crippen molar-refractivity contribution in [1.29, 1.82) is 0 Å². The number of thiophene rings is 1. The summed E-state index contributed by atoms with van der Waals surface area (Å²) in [4.78, 5) is 2.45. The summed E-state index contributed by atoms with van der Waals surface area (Å²) in [6, 6.07) is 2.04. The molecule has 4 nitrogen and oxygen atoms in total. The second kappa shape index (κ2) is 4.78. The molecule has 0 aromatic carbocycles. The van der Waals surface area contributed by atoms with E-state index in [1.807, 2.05) is 20.0 Å². The summed E-state index contributed by atoms with van der Waals surface area (Å²) < 4.78 is 28.3. The molecule has 4 unspecified atom stereocenters. The van der Waals surface area contributed by atoms with Gasteiger partial charge in [0.05, 0.1) is 4.90 Å². The second-order valence-corrected chi connectivity index (χ2v) is 9.82. The van der Waals surface area contributed by atoms with Gasteiger partial charge in [0.1, 0.15) is 0 Å². The van der Waals surface area contributed by atoms with E-state index < -0.39 is 10.0 Å². The highest BCUT2D eigenvalue weighted by molar-refractivity contribution is 7.89. The molecule has 6 heteroatoms. The van der Waals surface area contributed by atoms with E-state index in [2.05, 4.69) is 10.0 Å². The van der Waals surface area contributed by atoms with Gasteiger partial charge < -0.3 is 5.32 Å². The first-order chi connectivity index (χ1) is 10.0. The predicted octanol–water partition coefficient (Wildman–Crippen LogP) is 2.10. The molecule has 4 rings (SSSR count). The average Bonchev–Trinajstić information content (AvgIpc) is 2.83. The molecule has 2 bridgehead atoms. The quantitative estimate of drug-likeness (QED) is 0.871. The molecule has 0 spiro atoms. The maximum absolute atomic E-state index is 12.7. The Morgan fingerprint density at radius 1 is 1.29 bits per heavy atom. The van der Waals surface area contributed by atoms with Crippen LogP contribution in [0.4, 0.5) is 0 Å². The average molecular weight is 326 g/mol. The highest BCUT2D eigenvalue weighted by Crippen LogP contribution is 2.65.